The van der Waals surface area contributed by atoms with E-state index in [0.29, 0.717) is 5.56 Å². The van der Waals surface area contributed by atoms with Gasteiger partial charge in [-0.15, -0.1) is 0 Å². The molecule has 0 aliphatic heterocycles. The van der Waals surface area contributed by atoms with Gasteiger partial charge >= 0.3 is 0 Å². The fourth-order valence-electron chi connectivity index (χ4n) is 3.80. The number of benzene rings is 3. The third-order valence-electron chi connectivity index (χ3n) is 5.53. The number of halogens is 2. The van der Waals surface area contributed by atoms with Gasteiger partial charge in [0.1, 0.15) is 35.4 Å². The first-order chi connectivity index (χ1) is 14.6. The Hall–Kier alpha value is -3.25. The molecule has 6 heteroatoms. The first kappa shape index (κ1) is 21.0. The molecule has 5 rings (SSSR count). The minimum atomic E-state index is -0.346. The van der Waals surface area contributed by atoms with Crippen molar-refractivity contribution in [3.63, 3.8) is 0 Å². The van der Waals surface area contributed by atoms with Crippen LogP contribution in [0.15, 0.2) is 89.9 Å². The summed E-state index contributed by atoms with van der Waals surface area (Å²) >= 11 is 0. The molecule has 5 aromatic rings. The number of furan rings is 1. The van der Waals surface area contributed by atoms with Crippen LogP contribution in [0.1, 0.15) is 28.9 Å². The van der Waals surface area contributed by atoms with E-state index in [0.717, 1.165) is 27.5 Å². The van der Waals surface area contributed by atoms with Gasteiger partial charge in [-0.3, -0.25) is 4.79 Å². The Morgan fingerprint density at radius 3 is 2.58 bits per heavy atom. The van der Waals surface area contributed by atoms with Crippen molar-refractivity contribution >= 4 is 27.7 Å². The summed E-state index contributed by atoms with van der Waals surface area (Å²) in [5, 5.41) is 2.20. The maximum absolute atomic E-state index is 13.1. The van der Waals surface area contributed by atoms with E-state index >= 15 is 0 Å². The van der Waals surface area contributed by atoms with Gasteiger partial charge in [0.25, 0.3) is 0 Å². The molecular formula is C25H20BrFN2O2. The molecule has 2 aromatic heterocycles. The van der Waals surface area contributed by atoms with E-state index in [4.69, 9.17) is 4.42 Å². The number of Topliss-reactive ketones (excluding diaryl/α,β-unsaturated/α-hetero) is 1. The van der Waals surface area contributed by atoms with Crippen LogP contribution in [0.25, 0.3) is 21.9 Å². The SMILES string of the molecule is CC(c1ccc2oc3ccccc3c2c1)n1cc[n+](CC(=O)c2ccc(F)cc2)c1.[Br-]. The van der Waals surface area contributed by atoms with Gasteiger partial charge in [-0.25, -0.2) is 13.5 Å². The van der Waals surface area contributed by atoms with Gasteiger partial charge in [0.05, 0.1) is 0 Å². The third-order valence-corrected chi connectivity index (χ3v) is 5.53. The van der Waals surface area contributed by atoms with Crippen LogP contribution in [0.5, 0.6) is 0 Å². The molecule has 0 aliphatic carbocycles. The molecule has 1 unspecified atom stereocenters. The fraction of sp³-hybridized carbons (Fsp3) is 0.120. The van der Waals surface area contributed by atoms with Crippen LogP contribution in [-0.4, -0.2) is 10.4 Å². The number of carbonyl (C=O) groups excluding carboxylic acids is 1. The fourth-order valence-corrected chi connectivity index (χ4v) is 3.80. The molecule has 31 heavy (non-hydrogen) atoms. The van der Waals surface area contributed by atoms with Crippen molar-refractivity contribution in [2.75, 3.05) is 0 Å². The molecule has 0 amide bonds. The minimum Gasteiger partial charge on any atom is -1.00 e. The average Bonchev–Trinajstić information content (AvgIpc) is 3.37. The second-order valence-electron chi connectivity index (χ2n) is 7.49. The molecule has 4 nitrogen and oxygen atoms in total. The Kier molecular flexibility index (Phi) is 5.74. The van der Waals surface area contributed by atoms with Crippen molar-refractivity contribution < 1.29 is 35.2 Å². The lowest BCUT2D eigenvalue weighted by Gasteiger charge is -2.08. The van der Waals surface area contributed by atoms with Crippen molar-refractivity contribution in [1.82, 2.24) is 4.57 Å². The molecule has 1 atom stereocenters. The van der Waals surface area contributed by atoms with Crippen LogP contribution in [0.2, 0.25) is 0 Å². The van der Waals surface area contributed by atoms with Crippen LogP contribution in [-0.2, 0) is 6.54 Å². The summed E-state index contributed by atoms with van der Waals surface area (Å²) in [5.41, 5.74) is 3.42. The highest BCUT2D eigenvalue weighted by molar-refractivity contribution is 6.05. The van der Waals surface area contributed by atoms with Crippen LogP contribution >= 0.6 is 0 Å². The van der Waals surface area contributed by atoms with Gasteiger partial charge in [0.2, 0.25) is 12.1 Å². The molecule has 0 aliphatic rings. The van der Waals surface area contributed by atoms with Crippen molar-refractivity contribution in [3.05, 3.63) is 102 Å². The van der Waals surface area contributed by atoms with E-state index in [2.05, 4.69) is 29.7 Å². The summed E-state index contributed by atoms with van der Waals surface area (Å²) in [5.74, 6) is -0.404. The number of nitrogens with zero attached hydrogens (tertiary/aromatic N) is 2. The van der Waals surface area contributed by atoms with E-state index in [9.17, 15) is 9.18 Å². The summed E-state index contributed by atoms with van der Waals surface area (Å²) in [6.45, 7) is 2.33. The zero-order valence-electron chi connectivity index (χ0n) is 16.8. The smallest absolute Gasteiger partial charge is 0.244 e. The van der Waals surface area contributed by atoms with Crippen LogP contribution in [0, 0.1) is 5.82 Å². The molecular weight excluding hydrogens is 459 g/mol. The minimum absolute atomic E-state index is 0. The summed E-state index contributed by atoms with van der Waals surface area (Å²) in [4.78, 5) is 12.5. The monoisotopic (exact) mass is 478 g/mol. The van der Waals surface area contributed by atoms with Gasteiger partial charge in [-0.05, 0) is 55.0 Å². The number of hydrogen-bond donors (Lipinski definition) is 0. The first-order valence-electron chi connectivity index (χ1n) is 9.85. The van der Waals surface area contributed by atoms with Crippen molar-refractivity contribution in [1.29, 1.82) is 0 Å². The molecule has 2 heterocycles. The molecule has 0 saturated carbocycles. The summed E-state index contributed by atoms with van der Waals surface area (Å²) in [6, 6.07) is 20.0. The van der Waals surface area contributed by atoms with E-state index in [1.807, 2.05) is 47.6 Å². The lowest BCUT2D eigenvalue weighted by molar-refractivity contribution is -0.682. The first-order valence-corrected chi connectivity index (χ1v) is 9.85. The molecule has 0 radical (unpaired) electrons. The average molecular weight is 479 g/mol. The Morgan fingerprint density at radius 2 is 1.77 bits per heavy atom. The Labute approximate surface area is 189 Å². The van der Waals surface area contributed by atoms with E-state index < -0.39 is 0 Å². The summed E-state index contributed by atoms with van der Waals surface area (Å²) in [7, 11) is 0. The van der Waals surface area contributed by atoms with E-state index in [-0.39, 0.29) is 41.2 Å². The standard InChI is InChI=1S/C25H20FN2O2.BrH/c1-17(19-8-11-25-22(14-19)21-4-2-3-5-24(21)30-25)28-13-12-27(16-28)15-23(29)18-6-9-20(26)10-7-18;/h2-14,16-17H,15H2,1H3;1H/q+1;/p-1. The van der Waals surface area contributed by atoms with Gasteiger partial charge < -0.3 is 21.4 Å². The Morgan fingerprint density at radius 1 is 1.03 bits per heavy atom. The van der Waals surface area contributed by atoms with Crippen LogP contribution in [0.3, 0.4) is 0 Å². The molecule has 0 spiro atoms. The zero-order chi connectivity index (χ0) is 20.7. The molecule has 0 saturated heterocycles. The number of hydrogen-bond acceptors (Lipinski definition) is 2. The lowest BCUT2D eigenvalue weighted by atomic mass is 10.0. The summed E-state index contributed by atoms with van der Waals surface area (Å²) < 4.78 is 22.9. The normalized spacial score (nSPS) is 12.1. The van der Waals surface area contributed by atoms with Crippen molar-refractivity contribution in [3.8, 4) is 0 Å². The van der Waals surface area contributed by atoms with Crippen molar-refractivity contribution in [2.45, 2.75) is 19.5 Å². The summed E-state index contributed by atoms with van der Waals surface area (Å²) in [6.07, 6.45) is 5.76. The second-order valence-corrected chi connectivity index (χ2v) is 7.49. The third kappa shape index (κ3) is 4.03. The quantitative estimate of drug-likeness (QED) is 0.287. The number of ketones is 1. The largest absolute Gasteiger partial charge is 1.00 e. The highest BCUT2D eigenvalue weighted by Gasteiger charge is 2.18. The molecule has 3 aromatic carbocycles. The molecule has 0 N–H and O–H groups in total. The van der Waals surface area contributed by atoms with Gasteiger partial charge in [-0.1, -0.05) is 24.3 Å². The lowest BCUT2D eigenvalue weighted by Crippen LogP contribution is -3.00. The van der Waals surface area contributed by atoms with Gasteiger partial charge in [-0.2, -0.15) is 0 Å². The highest BCUT2D eigenvalue weighted by atomic mass is 79.9. The number of para-hydroxylation sites is 1. The highest BCUT2D eigenvalue weighted by Crippen LogP contribution is 2.31. The Bertz CT molecular complexity index is 1370. The van der Waals surface area contributed by atoms with Gasteiger partial charge in [0.15, 0.2) is 6.54 Å². The number of imidazole rings is 1. The number of carbonyl (C=O) groups is 1. The predicted molar refractivity (Wildman–Crippen MR) is 113 cm³/mol. The van der Waals surface area contributed by atoms with E-state index in [1.54, 1.807) is 0 Å². The van der Waals surface area contributed by atoms with Gasteiger partial charge in [0, 0.05) is 16.3 Å². The number of fused-ring (bicyclic) bond motifs is 3. The van der Waals surface area contributed by atoms with E-state index in [1.165, 1.54) is 24.3 Å². The second kappa shape index (κ2) is 8.47. The van der Waals surface area contributed by atoms with Crippen LogP contribution < -0.4 is 21.5 Å². The predicted octanol–water partition coefficient (Wildman–Crippen LogP) is 2.31. The zero-order valence-corrected chi connectivity index (χ0v) is 18.4. The number of aromatic nitrogens is 2. The molecule has 0 fully saturated rings. The van der Waals surface area contributed by atoms with Crippen molar-refractivity contribution in [2.24, 2.45) is 0 Å². The topological polar surface area (TPSA) is 39.0 Å². The maximum Gasteiger partial charge on any atom is 0.244 e. The Balaban J connectivity index is 0.00000231. The molecule has 0 bridgehead atoms. The maximum atomic E-state index is 13.1. The van der Waals surface area contributed by atoms with Crippen LogP contribution in [0.4, 0.5) is 4.39 Å². The number of rotatable bonds is 5. The molecule has 156 valence electrons.